The summed E-state index contributed by atoms with van der Waals surface area (Å²) in [6, 6.07) is 91.2. The fourth-order valence-corrected chi connectivity index (χ4v) is 15.1. The van der Waals surface area contributed by atoms with Crippen LogP contribution in [0.15, 0.2) is 261 Å². The summed E-state index contributed by atoms with van der Waals surface area (Å²) in [5.41, 5.74) is 9.26. The highest BCUT2D eigenvalue weighted by Crippen LogP contribution is 2.42. The van der Waals surface area contributed by atoms with Gasteiger partial charge < -0.3 is 4.90 Å². The predicted octanol–water partition coefficient (Wildman–Crippen LogP) is 12.5. The van der Waals surface area contributed by atoms with Crippen molar-refractivity contribution in [2.45, 2.75) is 0 Å². The molecule has 298 valence electrons. The first kappa shape index (κ1) is 38.3. The van der Waals surface area contributed by atoms with Crippen LogP contribution >= 0.6 is 11.3 Å². The van der Waals surface area contributed by atoms with E-state index in [0.29, 0.717) is 0 Å². The van der Waals surface area contributed by atoms with E-state index >= 15 is 0 Å². The lowest BCUT2D eigenvalue weighted by atomic mass is 10.0. The van der Waals surface area contributed by atoms with E-state index in [4.69, 9.17) is 0 Å². The van der Waals surface area contributed by atoms with Crippen molar-refractivity contribution in [1.29, 1.82) is 0 Å². The fraction of sp³-hybridized carbons (Fsp3) is 0. The third-order valence-electron chi connectivity index (χ3n) is 12.3. The van der Waals surface area contributed by atoms with Crippen molar-refractivity contribution in [3.8, 4) is 27.9 Å². The highest BCUT2D eigenvalue weighted by atomic mass is 32.1. The van der Waals surface area contributed by atoms with Crippen molar-refractivity contribution >= 4 is 77.4 Å². The second-order valence-corrected chi connectivity index (χ2v) is 20.9. The molecule has 0 spiro atoms. The van der Waals surface area contributed by atoms with Gasteiger partial charge in [-0.3, -0.25) is 0 Å². The van der Waals surface area contributed by atoms with Crippen LogP contribution < -0.4 is 30.2 Å². The number of benzene rings is 9. The summed E-state index contributed by atoms with van der Waals surface area (Å²) in [5, 5.41) is 8.04. The summed E-state index contributed by atoms with van der Waals surface area (Å²) in [6.07, 6.45) is 4.31. The number of hydrogen-bond donors (Lipinski definition) is 0. The zero-order chi connectivity index (χ0) is 42.0. The average Bonchev–Trinajstić information content (AvgIpc) is 3.74. The number of thiophene rings is 1. The molecule has 63 heavy (non-hydrogen) atoms. The molecule has 0 amide bonds. The third-order valence-corrected chi connectivity index (χ3v) is 18.3. The average molecular weight is 840 g/mol. The van der Waals surface area contributed by atoms with Gasteiger partial charge in [-0.25, -0.2) is 0 Å². The highest BCUT2D eigenvalue weighted by molar-refractivity contribution is 7.25. The molecule has 0 unspecified atom stereocenters. The number of pyridine rings is 1. The standard InChI is InChI=1S/C59H43N2SSi/c1-6-16-44(17-7-1)47-30-36-58-56(42-47)57-43-51(33-37-59(57)62-58)61(50-38-40-60(41-39-50)48-18-8-2-9-19-48)49-31-26-45(27-32-49)46-28-34-55(35-29-46)63(52-20-10-3-11-21-52,53-22-12-4-13-23-53)54-24-14-5-15-25-54/h1-43H/q+1. The van der Waals surface area contributed by atoms with Crippen molar-refractivity contribution in [3.05, 3.63) is 261 Å². The van der Waals surface area contributed by atoms with Crippen molar-refractivity contribution in [3.63, 3.8) is 0 Å². The molecule has 0 bridgehead atoms. The molecular weight excluding hydrogens is 797 g/mol. The minimum atomic E-state index is -2.61. The molecule has 0 N–H and O–H groups in total. The Balaban J connectivity index is 0.991. The molecule has 2 heterocycles. The molecule has 0 saturated heterocycles. The molecule has 2 aromatic heterocycles. The Morgan fingerprint density at radius 1 is 0.317 bits per heavy atom. The number of fused-ring (bicyclic) bond motifs is 3. The van der Waals surface area contributed by atoms with E-state index in [9.17, 15) is 0 Å². The molecule has 4 heteroatoms. The van der Waals surface area contributed by atoms with Gasteiger partial charge in [-0.1, -0.05) is 182 Å². The maximum Gasteiger partial charge on any atom is 0.210 e. The summed E-state index contributed by atoms with van der Waals surface area (Å²) < 4.78 is 4.75. The molecule has 0 saturated carbocycles. The largest absolute Gasteiger partial charge is 0.310 e. The van der Waals surface area contributed by atoms with E-state index in [1.54, 1.807) is 0 Å². The number of aromatic nitrogens is 1. The molecule has 11 aromatic rings. The molecule has 9 aromatic carbocycles. The Hall–Kier alpha value is -7.63. The topological polar surface area (TPSA) is 7.12 Å². The Morgan fingerprint density at radius 3 is 1.27 bits per heavy atom. The monoisotopic (exact) mass is 839 g/mol. The Kier molecular flexibility index (Phi) is 10.1. The van der Waals surface area contributed by atoms with Gasteiger partial charge in [0, 0.05) is 55.8 Å². The number of rotatable bonds is 10. The summed E-state index contributed by atoms with van der Waals surface area (Å²) in [6.45, 7) is 0. The fourth-order valence-electron chi connectivity index (χ4n) is 9.28. The predicted molar refractivity (Wildman–Crippen MR) is 270 cm³/mol. The van der Waals surface area contributed by atoms with E-state index in [1.807, 2.05) is 11.3 Å². The van der Waals surface area contributed by atoms with Crippen LogP contribution in [0.2, 0.25) is 0 Å². The van der Waals surface area contributed by atoms with Crippen LogP contribution in [-0.4, -0.2) is 8.07 Å². The van der Waals surface area contributed by atoms with Gasteiger partial charge in [-0.2, -0.15) is 4.57 Å². The SMILES string of the molecule is c1ccc(-c2ccc3sc4ccc(N(c5ccc(-c6ccc([Si](c7ccccc7)(c7ccccc7)c7ccccc7)cc6)cc5)c5cc[n+](-c6ccccc6)cc5)cc4c3c2)cc1. The number of anilines is 3. The molecule has 0 atom stereocenters. The van der Waals surface area contributed by atoms with Gasteiger partial charge in [0.15, 0.2) is 20.5 Å². The van der Waals surface area contributed by atoms with Crippen molar-refractivity contribution in [2.75, 3.05) is 4.90 Å². The highest BCUT2D eigenvalue weighted by Gasteiger charge is 2.41. The van der Waals surface area contributed by atoms with Gasteiger partial charge in [0.1, 0.15) is 0 Å². The minimum Gasteiger partial charge on any atom is -0.310 e. The zero-order valence-corrected chi connectivity index (χ0v) is 36.4. The quantitative estimate of drug-likeness (QED) is 0.0756. The number of hydrogen-bond acceptors (Lipinski definition) is 2. The summed E-state index contributed by atoms with van der Waals surface area (Å²) in [4.78, 5) is 2.38. The normalized spacial score (nSPS) is 11.5. The van der Waals surface area contributed by atoms with E-state index in [0.717, 1.165) is 22.7 Å². The second-order valence-electron chi connectivity index (χ2n) is 16.0. The second kappa shape index (κ2) is 16.7. The van der Waals surface area contributed by atoms with Crippen molar-refractivity contribution in [1.82, 2.24) is 0 Å². The maximum atomic E-state index is 2.38. The van der Waals surface area contributed by atoms with Gasteiger partial charge in [-0.05, 0) is 85.5 Å². The van der Waals surface area contributed by atoms with E-state index < -0.39 is 8.07 Å². The van der Waals surface area contributed by atoms with Crippen LogP contribution in [0.5, 0.6) is 0 Å². The number of nitrogens with zero attached hydrogens (tertiary/aromatic N) is 2. The Labute approximate surface area is 373 Å². The van der Waals surface area contributed by atoms with E-state index in [1.165, 1.54) is 63.2 Å². The van der Waals surface area contributed by atoms with Crippen LogP contribution in [-0.2, 0) is 0 Å². The van der Waals surface area contributed by atoms with E-state index in [-0.39, 0.29) is 0 Å². The summed E-state index contributed by atoms with van der Waals surface area (Å²) in [7, 11) is -2.61. The molecule has 0 fully saturated rings. The lowest BCUT2D eigenvalue weighted by Crippen LogP contribution is -2.74. The maximum absolute atomic E-state index is 2.61. The smallest absolute Gasteiger partial charge is 0.210 e. The Morgan fingerprint density at radius 2 is 0.714 bits per heavy atom. The first-order chi connectivity index (χ1) is 31.2. The molecule has 11 rings (SSSR count). The zero-order valence-electron chi connectivity index (χ0n) is 34.6. The molecule has 2 nitrogen and oxygen atoms in total. The molecule has 0 aliphatic rings. The number of para-hydroxylation sites is 1. The van der Waals surface area contributed by atoms with Crippen LogP contribution in [0.1, 0.15) is 0 Å². The van der Waals surface area contributed by atoms with Crippen LogP contribution in [0.4, 0.5) is 17.1 Å². The first-order valence-corrected chi connectivity index (χ1v) is 24.3. The van der Waals surface area contributed by atoms with Gasteiger partial charge >= 0.3 is 0 Å². The Bertz CT molecular complexity index is 3190. The first-order valence-electron chi connectivity index (χ1n) is 21.5. The van der Waals surface area contributed by atoms with Gasteiger partial charge in [-0.15, -0.1) is 11.3 Å². The van der Waals surface area contributed by atoms with E-state index in [2.05, 4.69) is 271 Å². The van der Waals surface area contributed by atoms with Crippen LogP contribution in [0.3, 0.4) is 0 Å². The minimum absolute atomic E-state index is 1.09. The van der Waals surface area contributed by atoms with Crippen molar-refractivity contribution in [2.24, 2.45) is 0 Å². The van der Waals surface area contributed by atoms with Gasteiger partial charge in [0.05, 0.1) is 5.69 Å². The van der Waals surface area contributed by atoms with Gasteiger partial charge in [0.25, 0.3) is 0 Å². The lowest BCUT2D eigenvalue weighted by Gasteiger charge is -2.34. The van der Waals surface area contributed by atoms with Crippen LogP contribution in [0.25, 0.3) is 48.1 Å². The molecule has 0 aliphatic heterocycles. The third kappa shape index (κ3) is 7.15. The summed E-state index contributed by atoms with van der Waals surface area (Å²) in [5.74, 6) is 0. The molecule has 0 radical (unpaired) electrons. The molecular formula is C59H43N2SSi+. The molecule has 0 aliphatic carbocycles. The lowest BCUT2D eigenvalue weighted by molar-refractivity contribution is -0.595. The van der Waals surface area contributed by atoms with Crippen LogP contribution in [0, 0.1) is 0 Å². The summed E-state index contributed by atoms with van der Waals surface area (Å²) >= 11 is 1.86. The van der Waals surface area contributed by atoms with Gasteiger partial charge in [0.2, 0.25) is 5.69 Å². The van der Waals surface area contributed by atoms with Crippen molar-refractivity contribution < 1.29 is 4.57 Å².